The van der Waals surface area contributed by atoms with Crippen LogP contribution in [-0.2, 0) is 30.3 Å². The Bertz CT molecular complexity index is 1960. The lowest BCUT2D eigenvalue weighted by molar-refractivity contribution is -0.138. The van der Waals surface area contributed by atoms with Crippen molar-refractivity contribution in [1.82, 2.24) is 4.90 Å². The summed E-state index contributed by atoms with van der Waals surface area (Å²) in [6.07, 6.45) is 0.0600. The number of rotatable bonds is 7. The topological polar surface area (TPSA) is 120 Å². The van der Waals surface area contributed by atoms with Gasteiger partial charge in [-0.25, -0.2) is 9.59 Å². The van der Waals surface area contributed by atoms with E-state index in [4.69, 9.17) is 26.4 Å². The van der Waals surface area contributed by atoms with Crippen LogP contribution in [0, 0.1) is 0 Å². The third kappa shape index (κ3) is 5.75. The summed E-state index contributed by atoms with van der Waals surface area (Å²) in [5.74, 6) is -2.57. The largest absolute Gasteiger partial charge is 0.497 e. The highest BCUT2D eigenvalue weighted by atomic mass is 32.2. The van der Waals surface area contributed by atoms with Crippen molar-refractivity contribution < 1.29 is 38.2 Å². The highest BCUT2D eigenvalue weighted by Gasteiger charge is 2.51. The number of thiocarbonyl (C=S) groups is 1. The van der Waals surface area contributed by atoms with Crippen molar-refractivity contribution in [2.45, 2.75) is 31.8 Å². The van der Waals surface area contributed by atoms with E-state index < -0.39 is 41.2 Å². The van der Waals surface area contributed by atoms with E-state index in [0.29, 0.717) is 31.7 Å². The quantitative estimate of drug-likeness (QED) is 0.128. The fourth-order valence-corrected chi connectivity index (χ4v) is 9.12. The monoisotopic (exact) mass is 714 g/mol. The van der Waals surface area contributed by atoms with Gasteiger partial charge in [-0.2, -0.15) is 0 Å². The van der Waals surface area contributed by atoms with E-state index in [9.17, 15) is 19.2 Å². The molecule has 0 aromatic heterocycles. The lowest BCUT2D eigenvalue weighted by atomic mass is 9.82. The molecule has 0 aliphatic carbocycles. The lowest BCUT2D eigenvalue weighted by Crippen LogP contribution is -2.62. The Morgan fingerprint density at radius 1 is 0.796 bits per heavy atom. The molecule has 6 rings (SSSR count). The summed E-state index contributed by atoms with van der Waals surface area (Å²) < 4.78 is 16.0. The molecular formula is C36H30N2O8S3. The summed E-state index contributed by atoms with van der Waals surface area (Å²) in [4.78, 5) is 71.3. The standard InChI is InChI=1S/C36H30N2O8S3/c1-36(2)29(47)26(35-48-27(33(42)45-4)28(49-35)34(43)46-5)23-18-20(44-3)15-16-24(23)38(36)32(41)25(17-19-11-7-6-8-12-19)37-30(39)21-13-9-10-14-22(21)31(37)40/h6-16,18,25H,17H2,1-5H3/t25-/m0/s1. The van der Waals surface area contributed by atoms with Crippen LogP contribution in [0.25, 0.3) is 5.57 Å². The van der Waals surface area contributed by atoms with Crippen LogP contribution in [0.15, 0.2) is 86.8 Å². The van der Waals surface area contributed by atoms with Crippen molar-refractivity contribution in [2.75, 3.05) is 26.2 Å². The third-order valence-electron chi connectivity index (χ3n) is 8.51. The van der Waals surface area contributed by atoms with Crippen LogP contribution in [0.2, 0.25) is 0 Å². The van der Waals surface area contributed by atoms with Gasteiger partial charge < -0.3 is 14.2 Å². The molecule has 3 aromatic rings. The Kier molecular flexibility index (Phi) is 9.27. The first-order chi connectivity index (χ1) is 23.4. The summed E-state index contributed by atoms with van der Waals surface area (Å²) in [5, 5.41) is 0. The minimum atomic E-state index is -1.23. The molecule has 3 heterocycles. The fraction of sp³-hybridized carbons (Fsp3) is 0.222. The lowest BCUT2D eigenvalue weighted by Gasteiger charge is -2.47. The molecule has 0 spiro atoms. The highest BCUT2D eigenvalue weighted by Crippen LogP contribution is 2.56. The second kappa shape index (κ2) is 13.3. The minimum Gasteiger partial charge on any atom is -0.497 e. The normalized spacial score (nSPS) is 17.2. The van der Waals surface area contributed by atoms with Crippen LogP contribution in [0.5, 0.6) is 5.75 Å². The zero-order valence-corrected chi connectivity index (χ0v) is 29.5. The number of benzene rings is 3. The number of imide groups is 1. The number of hydrogen-bond donors (Lipinski definition) is 0. The first-order valence-electron chi connectivity index (χ1n) is 15.0. The average Bonchev–Trinajstić information content (AvgIpc) is 3.66. The Morgan fingerprint density at radius 3 is 1.88 bits per heavy atom. The maximum Gasteiger partial charge on any atom is 0.346 e. The molecule has 0 saturated heterocycles. The molecule has 3 aromatic carbocycles. The van der Waals surface area contributed by atoms with Gasteiger partial charge >= 0.3 is 11.9 Å². The summed E-state index contributed by atoms with van der Waals surface area (Å²) >= 11 is 8.22. The van der Waals surface area contributed by atoms with Gasteiger partial charge in [-0.15, -0.1) is 0 Å². The van der Waals surface area contributed by atoms with Crippen LogP contribution in [-0.4, -0.2) is 72.3 Å². The number of nitrogens with zero attached hydrogens (tertiary/aromatic N) is 2. The maximum atomic E-state index is 15.1. The van der Waals surface area contributed by atoms with Gasteiger partial charge in [-0.1, -0.05) is 78.2 Å². The molecule has 49 heavy (non-hydrogen) atoms. The number of fused-ring (bicyclic) bond motifs is 2. The van der Waals surface area contributed by atoms with Gasteiger partial charge in [0.15, 0.2) is 0 Å². The third-order valence-corrected chi connectivity index (χ3v) is 11.8. The van der Waals surface area contributed by atoms with Crippen LogP contribution in [0.1, 0.15) is 45.7 Å². The van der Waals surface area contributed by atoms with Crippen molar-refractivity contribution in [3.8, 4) is 5.75 Å². The van der Waals surface area contributed by atoms with Gasteiger partial charge in [0.05, 0.1) is 52.8 Å². The van der Waals surface area contributed by atoms with Gasteiger partial charge in [0.1, 0.15) is 21.6 Å². The van der Waals surface area contributed by atoms with E-state index in [0.717, 1.165) is 34.0 Å². The zero-order chi connectivity index (χ0) is 35.2. The Balaban J connectivity index is 1.51. The predicted octanol–water partition coefficient (Wildman–Crippen LogP) is 5.80. The maximum absolute atomic E-state index is 15.1. The van der Waals surface area contributed by atoms with Gasteiger partial charge in [0.25, 0.3) is 17.7 Å². The zero-order valence-electron chi connectivity index (χ0n) is 27.1. The molecule has 0 unspecified atom stereocenters. The molecule has 3 amide bonds. The minimum absolute atomic E-state index is 0.0546. The summed E-state index contributed by atoms with van der Waals surface area (Å²) in [6.45, 7) is 3.56. The van der Waals surface area contributed by atoms with Crippen molar-refractivity contribution in [2.24, 2.45) is 0 Å². The summed E-state index contributed by atoms with van der Waals surface area (Å²) in [7, 11) is 3.95. The van der Waals surface area contributed by atoms with E-state index >= 15 is 4.79 Å². The van der Waals surface area contributed by atoms with Crippen molar-refractivity contribution in [3.63, 3.8) is 0 Å². The van der Waals surface area contributed by atoms with Crippen molar-refractivity contribution >= 4 is 81.5 Å². The molecular weight excluding hydrogens is 685 g/mol. The number of hydrogen-bond acceptors (Lipinski definition) is 11. The number of amides is 3. The van der Waals surface area contributed by atoms with Gasteiger partial charge in [0.2, 0.25) is 0 Å². The molecule has 3 aliphatic rings. The highest BCUT2D eigenvalue weighted by molar-refractivity contribution is 8.29. The Labute approximate surface area is 296 Å². The second-order valence-corrected chi connectivity index (χ2v) is 14.4. The average molecular weight is 715 g/mol. The number of thioether (sulfide) groups is 2. The van der Waals surface area contributed by atoms with Crippen LogP contribution in [0.3, 0.4) is 0 Å². The van der Waals surface area contributed by atoms with Crippen LogP contribution >= 0.6 is 35.7 Å². The van der Waals surface area contributed by atoms with Crippen molar-refractivity contribution in [1.29, 1.82) is 0 Å². The molecule has 0 bridgehead atoms. The number of anilines is 1. The van der Waals surface area contributed by atoms with E-state index in [1.807, 2.05) is 30.3 Å². The Morgan fingerprint density at radius 2 is 1.35 bits per heavy atom. The number of methoxy groups -OCH3 is 3. The summed E-state index contributed by atoms with van der Waals surface area (Å²) in [5.41, 5.74) is 1.47. The molecule has 0 fully saturated rings. The molecule has 10 nitrogen and oxygen atoms in total. The number of esters is 2. The SMILES string of the molecule is COC(=O)C1=C(C(=O)OC)SC(=C2C(=S)C(C)(C)N(C(=O)[C@H](Cc3ccccc3)N3C(=O)c4ccccc4C3=O)c3ccc(OC)cc32)S1. The second-order valence-electron chi connectivity index (χ2n) is 11.7. The summed E-state index contributed by atoms with van der Waals surface area (Å²) in [6, 6.07) is 19.6. The van der Waals surface area contributed by atoms with Gasteiger partial charge in [0, 0.05) is 17.6 Å². The van der Waals surface area contributed by atoms with E-state index in [1.165, 1.54) is 26.2 Å². The van der Waals surface area contributed by atoms with Crippen molar-refractivity contribution in [3.05, 3.63) is 109 Å². The molecule has 3 aliphatic heterocycles. The molecule has 0 N–H and O–H groups in total. The molecule has 13 heteroatoms. The van der Waals surface area contributed by atoms with E-state index in [1.54, 1.807) is 56.3 Å². The predicted molar refractivity (Wildman–Crippen MR) is 191 cm³/mol. The molecule has 1 atom stereocenters. The van der Waals surface area contributed by atoms with E-state index in [-0.39, 0.29) is 27.4 Å². The number of carbonyl (C=O) groups excluding carboxylic acids is 5. The van der Waals surface area contributed by atoms with Crippen LogP contribution in [0.4, 0.5) is 5.69 Å². The van der Waals surface area contributed by atoms with Crippen LogP contribution < -0.4 is 9.64 Å². The number of ether oxygens (including phenoxy) is 3. The Hall–Kier alpha value is -4.72. The van der Waals surface area contributed by atoms with Gasteiger partial charge in [-0.05, 0) is 49.7 Å². The fourth-order valence-electron chi connectivity index (χ4n) is 6.09. The number of carbonyl (C=O) groups is 5. The smallest absolute Gasteiger partial charge is 0.346 e. The molecule has 0 radical (unpaired) electrons. The molecule has 250 valence electrons. The molecule has 0 saturated carbocycles. The van der Waals surface area contributed by atoms with E-state index in [2.05, 4.69) is 0 Å². The first kappa shape index (κ1) is 34.2. The van der Waals surface area contributed by atoms with Gasteiger partial charge in [-0.3, -0.25) is 24.2 Å². The first-order valence-corrected chi connectivity index (χ1v) is 17.1.